The van der Waals surface area contributed by atoms with E-state index < -0.39 is 5.97 Å². The molecule has 1 rings (SSSR count). The second kappa shape index (κ2) is 5.84. The van der Waals surface area contributed by atoms with Crippen LogP contribution in [0.2, 0.25) is 0 Å². The van der Waals surface area contributed by atoms with Crippen molar-refractivity contribution in [3.8, 4) is 0 Å². The van der Waals surface area contributed by atoms with Crippen molar-refractivity contribution in [1.82, 2.24) is 0 Å². The maximum absolute atomic E-state index is 10.4. The molecule has 0 aromatic heterocycles. The van der Waals surface area contributed by atoms with E-state index in [0.717, 1.165) is 18.8 Å². The Kier molecular flexibility index (Phi) is 4.71. The summed E-state index contributed by atoms with van der Waals surface area (Å²) >= 11 is 0. The average Bonchev–Trinajstić information content (AvgIpc) is 2.94. The second-order valence-electron chi connectivity index (χ2n) is 4.30. The highest BCUT2D eigenvalue weighted by molar-refractivity contribution is 5.85. The molecule has 80 valence electrons. The van der Waals surface area contributed by atoms with E-state index in [2.05, 4.69) is 6.58 Å². The molecule has 14 heavy (non-hydrogen) atoms. The monoisotopic (exact) mass is 196 g/mol. The van der Waals surface area contributed by atoms with Gasteiger partial charge in [-0.1, -0.05) is 45.1 Å². The van der Waals surface area contributed by atoms with Gasteiger partial charge in [-0.15, -0.1) is 0 Å². The van der Waals surface area contributed by atoms with Gasteiger partial charge in [0, 0.05) is 5.57 Å². The van der Waals surface area contributed by atoms with E-state index in [9.17, 15) is 4.79 Å². The van der Waals surface area contributed by atoms with Crippen molar-refractivity contribution in [3.05, 3.63) is 12.2 Å². The highest BCUT2D eigenvalue weighted by Gasteiger charge is 2.19. The Hall–Kier alpha value is -0.790. The first-order valence-corrected chi connectivity index (χ1v) is 5.61. The molecule has 2 nitrogen and oxygen atoms in total. The molecule has 0 heterocycles. The molecule has 1 fully saturated rings. The predicted octanol–water partition coefficient (Wildman–Crippen LogP) is 3.38. The van der Waals surface area contributed by atoms with Crippen LogP contribution in [-0.4, -0.2) is 11.1 Å². The molecule has 0 aromatic carbocycles. The highest BCUT2D eigenvalue weighted by Crippen LogP contribution is 2.34. The fourth-order valence-electron chi connectivity index (χ4n) is 1.64. The van der Waals surface area contributed by atoms with Gasteiger partial charge < -0.3 is 5.11 Å². The number of carboxylic acids is 1. The zero-order valence-corrected chi connectivity index (χ0v) is 8.80. The molecule has 2 heteroatoms. The lowest BCUT2D eigenvalue weighted by atomic mass is 10.1. The molecule has 0 radical (unpaired) electrons. The SMILES string of the molecule is C=C(CCCCCCC1CC1)C(=O)O. The topological polar surface area (TPSA) is 37.3 Å². The third-order valence-electron chi connectivity index (χ3n) is 2.84. The van der Waals surface area contributed by atoms with Crippen LogP contribution < -0.4 is 0 Å². The number of hydrogen-bond donors (Lipinski definition) is 1. The van der Waals surface area contributed by atoms with Crippen LogP contribution in [0.3, 0.4) is 0 Å². The van der Waals surface area contributed by atoms with E-state index >= 15 is 0 Å². The summed E-state index contributed by atoms with van der Waals surface area (Å²) in [6.07, 6.45) is 9.63. The summed E-state index contributed by atoms with van der Waals surface area (Å²) in [7, 11) is 0. The summed E-state index contributed by atoms with van der Waals surface area (Å²) < 4.78 is 0. The van der Waals surface area contributed by atoms with E-state index in [-0.39, 0.29) is 0 Å². The maximum atomic E-state index is 10.4. The first kappa shape index (κ1) is 11.3. The molecular weight excluding hydrogens is 176 g/mol. The minimum absolute atomic E-state index is 0.354. The first-order chi connectivity index (χ1) is 6.70. The van der Waals surface area contributed by atoms with Gasteiger partial charge >= 0.3 is 5.97 Å². The summed E-state index contributed by atoms with van der Waals surface area (Å²) in [6, 6.07) is 0. The predicted molar refractivity (Wildman–Crippen MR) is 57.2 cm³/mol. The molecule has 1 saturated carbocycles. The van der Waals surface area contributed by atoms with Crippen molar-refractivity contribution in [3.63, 3.8) is 0 Å². The summed E-state index contributed by atoms with van der Waals surface area (Å²) in [5, 5.41) is 8.57. The largest absolute Gasteiger partial charge is 0.478 e. The van der Waals surface area contributed by atoms with Gasteiger partial charge in [0.2, 0.25) is 0 Å². The van der Waals surface area contributed by atoms with Crippen LogP contribution in [0.25, 0.3) is 0 Å². The molecule has 0 aliphatic heterocycles. The fraction of sp³-hybridized carbons (Fsp3) is 0.750. The lowest BCUT2D eigenvalue weighted by Crippen LogP contribution is -1.98. The van der Waals surface area contributed by atoms with Crippen LogP contribution in [0.1, 0.15) is 51.4 Å². The van der Waals surface area contributed by atoms with Crippen LogP contribution in [-0.2, 0) is 4.79 Å². The lowest BCUT2D eigenvalue weighted by Gasteiger charge is -2.01. The molecule has 0 saturated heterocycles. The Morgan fingerprint density at radius 1 is 1.21 bits per heavy atom. The zero-order chi connectivity index (χ0) is 10.4. The number of aliphatic carboxylic acids is 1. The Bertz CT molecular complexity index is 204. The van der Waals surface area contributed by atoms with Crippen molar-refractivity contribution in [2.45, 2.75) is 51.4 Å². The van der Waals surface area contributed by atoms with E-state index in [1.54, 1.807) is 0 Å². The van der Waals surface area contributed by atoms with Crippen LogP contribution in [0, 0.1) is 5.92 Å². The molecule has 1 aliphatic rings. The van der Waals surface area contributed by atoms with E-state index in [1.807, 2.05) is 0 Å². The van der Waals surface area contributed by atoms with Crippen LogP contribution >= 0.6 is 0 Å². The van der Waals surface area contributed by atoms with Crippen LogP contribution in [0.15, 0.2) is 12.2 Å². The smallest absolute Gasteiger partial charge is 0.330 e. The van der Waals surface area contributed by atoms with Crippen molar-refractivity contribution < 1.29 is 9.90 Å². The number of carboxylic acid groups (broad SMARTS) is 1. The fourth-order valence-corrected chi connectivity index (χ4v) is 1.64. The normalized spacial score (nSPS) is 15.4. The van der Waals surface area contributed by atoms with Gasteiger partial charge in [0.15, 0.2) is 0 Å². The van der Waals surface area contributed by atoms with Gasteiger partial charge in [0.1, 0.15) is 0 Å². The zero-order valence-electron chi connectivity index (χ0n) is 8.80. The Labute approximate surface area is 86.0 Å². The maximum Gasteiger partial charge on any atom is 0.330 e. The molecule has 0 amide bonds. The van der Waals surface area contributed by atoms with Crippen molar-refractivity contribution in [2.24, 2.45) is 5.92 Å². The molecule has 0 bridgehead atoms. The lowest BCUT2D eigenvalue weighted by molar-refractivity contribution is -0.132. The summed E-state index contributed by atoms with van der Waals surface area (Å²) in [5.41, 5.74) is 0.354. The first-order valence-electron chi connectivity index (χ1n) is 5.61. The second-order valence-corrected chi connectivity index (χ2v) is 4.30. The van der Waals surface area contributed by atoms with Crippen LogP contribution in [0.5, 0.6) is 0 Å². The minimum atomic E-state index is -0.844. The summed E-state index contributed by atoms with van der Waals surface area (Å²) in [4.78, 5) is 10.4. The van der Waals surface area contributed by atoms with Crippen LogP contribution in [0.4, 0.5) is 0 Å². The third kappa shape index (κ3) is 5.05. The number of unbranched alkanes of at least 4 members (excludes halogenated alkanes) is 3. The van der Waals surface area contributed by atoms with Crippen molar-refractivity contribution in [2.75, 3.05) is 0 Å². The number of rotatable bonds is 8. The third-order valence-corrected chi connectivity index (χ3v) is 2.84. The van der Waals surface area contributed by atoms with Gasteiger partial charge in [-0.3, -0.25) is 0 Å². The standard InChI is InChI=1S/C12H20O2/c1-10(12(13)14)6-4-2-3-5-7-11-8-9-11/h11H,1-9H2,(H,13,14). The van der Waals surface area contributed by atoms with Gasteiger partial charge in [-0.05, 0) is 18.8 Å². The Balaban J connectivity index is 1.83. The minimum Gasteiger partial charge on any atom is -0.478 e. The van der Waals surface area contributed by atoms with E-state index in [4.69, 9.17) is 5.11 Å². The summed E-state index contributed by atoms with van der Waals surface area (Å²) in [6.45, 7) is 3.51. The molecular formula is C12H20O2. The van der Waals surface area contributed by atoms with Crippen molar-refractivity contribution in [1.29, 1.82) is 0 Å². The molecule has 1 N–H and O–H groups in total. The van der Waals surface area contributed by atoms with Gasteiger partial charge in [0.05, 0.1) is 0 Å². The number of hydrogen-bond acceptors (Lipinski definition) is 1. The van der Waals surface area contributed by atoms with Gasteiger partial charge in [0.25, 0.3) is 0 Å². The number of carbonyl (C=O) groups is 1. The van der Waals surface area contributed by atoms with Crippen molar-refractivity contribution >= 4 is 5.97 Å². The molecule has 0 aromatic rings. The summed E-state index contributed by atoms with van der Waals surface area (Å²) in [5.74, 6) is 0.187. The molecule has 0 atom stereocenters. The van der Waals surface area contributed by atoms with Gasteiger partial charge in [-0.25, -0.2) is 4.79 Å². The van der Waals surface area contributed by atoms with Gasteiger partial charge in [-0.2, -0.15) is 0 Å². The van der Waals surface area contributed by atoms with E-state index in [0.29, 0.717) is 12.0 Å². The molecule has 0 unspecified atom stereocenters. The Morgan fingerprint density at radius 3 is 2.43 bits per heavy atom. The highest BCUT2D eigenvalue weighted by atomic mass is 16.4. The van der Waals surface area contributed by atoms with E-state index in [1.165, 1.54) is 32.1 Å². The quantitative estimate of drug-likeness (QED) is 0.477. The average molecular weight is 196 g/mol. The Morgan fingerprint density at radius 2 is 1.86 bits per heavy atom. The molecule has 0 spiro atoms. The molecule has 1 aliphatic carbocycles.